The molecule has 3 aromatic carbocycles. The molecule has 0 N–H and O–H groups in total. The number of nitrogens with zero attached hydrogens (tertiary/aromatic N) is 2. The van der Waals surface area contributed by atoms with Crippen LogP contribution in [0.15, 0.2) is 71.6 Å². The van der Waals surface area contributed by atoms with Crippen molar-refractivity contribution in [1.29, 1.82) is 0 Å². The van der Waals surface area contributed by atoms with Gasteiger partial charge < -0.3 is 14.4 Å². The highest BCUT2D eigenvalue weighted by molar-refractivity contribution is 7.90. The molecule has 2 heterocycles. The van der Waals surface area contributed by atoms with E-state index in [4.69, 9.17) is 23.2 Å². The molecule has 1 amide bonds. The Kier molecular flexibility index (Phi) is 9.72. The Morgan fingerprint density at radius 2 is 1.63 bits per heavy atom. The number of carbonyl (C=O) groups excluding carboxylic acids is 1. The predicted octanol–water partition coefficient (Wildman–Crippen LogP) is 7.33. The molecule has 2 aliphatic rings. The van der Waals surface area contributed by atoms with Gasteiger partial charge >= 0.3 is 0 Å². The van der Waals surface area contributed by atoms with E-state index in [1.54, 1.807) is 6.26 Å². The Bertz CT molecular complexity index is 1280. The van der Waals surface area contributed by atoms with Crippen LogP contribution in [0, 0.1) is 0 Å². The maximum Gasteiger partial charge on any atom is 0.254 e. The molecule has 0 spiro atoms. The topological polar surface area (TPSA) is 46.6 Å². The minimum absolute atomic E-state index is 0. The summed E-state index contributed by atoms with van der Waals surface area (Å²) in [5.74, 6) is 0.597. The summed E-state index contributed by atoms with van der Waals surface area (Å²) in [6.07, 6.45) is 4.77. The van der Waals surface area contributed by atoms with E-state index in [-0.39, 0.29) is 30.3 Å². The second kappa shape index (κ2) is 12.6. The lowest BCUT2D eigenvalue weighted by atomic mass is 9.84. The largest absolute Gasteiger partial charge is 0.612 e. The van der Waals surface area contributed by atoms with Gasteiger partial charge in [0.2, 0.25) is 0 Å². The first-order chi connectivity index (χ1) is 17.8. The number of hydrogen-bond donors (Lipinski definition) is 0. The summed E-state index contributed by atoms with van der Waals surface area (Å²) in [6.45, 7) is 2.93. The Hall–Kier alpha value is -1.73. The summed E-state index contributed by atoms with van der Waals surface area (Å²) in [7, 11) is 1.90. The van der Waals surface area contributed by atoms with Gasteiger partial charge in [0.1, 0.15) is 6.26 Å². The summed E-state index contributed by atoms with van der Waals surface area (Å²) in [5, 5.41) is 1.08. The third-order valence-electron chi connectivity index (χ3n) is 8.01. The molecule has 2 aliphatic heterocycles. The van der Waals surface area contributed by atoms with Crippen LogP contribution in [0.5, 0.6) is 0 Å². The third kappa shape index (κ3) is 5.89. The molecule has 1 saturated heterocycles. The first-order valence-electron chi connectivity index (χ1n) is 12.8. The molecule has 4 nitrogen and oxygen atoms in total. The molecule has 2 unspecified atom stereocenters. The average molecular weight is 592 g/mol. The second-order valence-electron chi connectivity index (χ2n) is 10.1. The Morgan fingerprint density at radius 1 is 0.974 bits per heavy atom. The molecule has 0 bridgehead atoms. The highest BCUT2D eigenvalue weighted by atomic mass is 35.5. The number of benzene rings is 3. The van der Waals surface area contributed by atoms with E-state index in [9.17, 15) is 9.35 Å². The standard InChI is InChI=1S/C30H32Cl2N2O2S.ClH/c1-33-29(24-8-3-4-9-25(24)30(33)35)23(21-11-12-26(31)27(32)19-21)15-18-34-16-13-20(14-17-34)22-7-5-6-10-28(22)37(2)36;/h3-12,19-20,23,29H,13-18H2,1-2H3;1H/t23?,29-,37?;/m1./s1. The van der Waals surface area contributed by atoms with Gasteiger partial charge in [-0.25, -0.2) is 0 Å². The van der Waals surface area contributed by atoms with Crippen molar-refractivity contribution in [2.75, 3.05) is 32.9 Å². The van der Waals surface area contributed by atoms with Crippen LogP contribution >= 0.6 is 35.6 Å². The summed E-state index contributed by atoms with van der Waals surface area (Å²) < 4.78 is 12.2. The van der Waals surface area contributed by atoms with Crippen LogP contribution in [0.3, 0.4) is 0 Å². The molecule has 0 saturated carbocycles. The first kappa shape index (κ1) is 29.3. The van der Waals surface area contributed by atoms with Crippen LogP contribution < -0.4 is 0 Å². The van der Waals surface area contributed by atoms with Gasteiger partial charge in [0.15, 0.2) is 4.90 Å². The minimum atomic E-state index is -0.978. The third-order valence-corrected chi connectivity index (χ3v) is 9.74. The number of halogens is 3. The van der Waals surface area contributed by atoms with Crippen LogP contribution in [0.25, 0.3) is 0 Å². The second-order valence-corrected chi connectivity index (χ2v) is 12.3. The number of likely N-dealkylation sites (tertiary alicyclic amines) is 1. The molecule has 0 radical (unpaired) electrons. The molecule has 202 valence electrons. The molecular weight excluding hydrogens is 559 g/mol. The predicted molar refractivity (Wildman–Crippen MR) is 160 cm³/mol. The van der Waals surface area contributed by atoms with Crippen molar-refractivity contribution < 1.29 is 9.35 Å². The lowest BCUT2D eigenvalue weighted by Gasteiger charge is -2.35. The Labute approximate surface area is 244 Å². The van der Waals surface area contributed by atoms with Crippen LogP contribution in [-0.2, 0) is 11.2 Å². The number of piperidine rings is 1. The first-order valence-corrected chi connectivity index (χ1v) is 15.1. The van der Waals surface area contributed by atoms with E-state index in [1.165, 1.54) is 5.56 Å². The van der Waals surface area contributed by atoms with Crippen molar-refractivity contribution in [3.05, 3.63) is 99.0 Å². The van der Waals surface area contributed by atoms with E-state index >= 15 is 0 Å². The number of amides is 1. The van der Waals surface area contributed by atoms with Crippen molar-refractivity contribution in [3.63, 3.8) is 0 Å². The fourth-order valence-corrected chi connectivity index (χ4v) is 7.22. The van der Waals surface area contributed by atoms with Gasteiger partial charge in [0.25, 0.3) is 5.91 Å². The lowest BCUT2D eigenvalue weighted by molar-refractivity contribution is 0.0746. The molecule has 38 heavy (non-hydrogen) atoms. The Morgan fingerprint density at radius 3 is 2.32 bits per heavy atom. The molecule has 0 aromatic heterocycles. The van der Waals surface area contributed by atoms with Gasteiger partial charge in [0, 0.05) is 24.1 Å². The van der Waals surface area contributed by atoms with E-state index in [1.807, 2.05) is 60.5 Å². The summed E-state index contributed by atoms with van der Waals surface area (Å²) in [6, 6.07) is 21.9. The van der Waals surface area contributed by atoms with E-state index in [2.05, 4.69) is 23.1 Å². The van der Waals surface area contributed by atoms with E-state index in [0.29, 0.717) is 16.0 Å². The Balaban J connectivity index is 0.00000336. The number of fused-ring (bicyclic) bond motifs is 1. The molecule has 1 fully saturated rings. The van der Waals surface area contributed by atoms with E-state index < -0.39 is 11.2 Å². The molecular formula is C30H33Cl3N2O2S. The molecule has 3 atom stereocenters. The fraction of sp³-hybridized carbons (Fsp3) is 0.367. The van der Waals surface area contributed by atoms with Crippen LogP contribution in [-0.4, -0.2) is 53.2 Å². The normalized spacial score (nSPS) is 19.7. The molecule has 5 rings (SSSR count). The van der Waals surface area contributed by atoms with Gasteiger partial charge in [-0.2, -0.15) is 0 Å². The van der Waals surface area contributed by atoms with Crippen molar-refractivity contribution in [1.82, 2.24) is 9.80 Å². The van der Waals surface area contributed by atoms with Crippen molar-refractivity contribution in [2.45, 2.75) is 42.0 Å². The highest BCUT2D eigenvalue weighted by Crippen LogP contribution is 2.45. The summed E-state index contributed by atoms with van der Waals surface area (Å²) in [5.41, 5.74) is 4.20. The lowest BCUT2D eigenvalue weighted by Crippen LogP contribution is -2.36. The van der Waals surface area contributed by atoms with Crippen molar-refractivity contribution in [3.8, 4) is 0 Å². The number of hydrogen-bond acceptors (Lipinski definition) is 3. The zero-order valence-corrected chi connectivity index (χ0v) is 24.8. The summed E-state index contributed by atoms with van der Waals surface area (Å²) in [4.78, 5) is 18.4. The van der Waals surface area contributed by atoms with Crippen LogP contribution in [0.1, 0.15) is 64.2 Å². The van der Waals surface area contributed by atoms with Crippen LogP contribution in [0.4, 0.5) is 0 Å². The average Bonchev–Trinajstić information content (AvgIpc) is 3.16. The van der Waals surface area contributed by atoms with Gasteiger partial charge in [0.05, 0.1) is 16.1 Å². The smallest absolute Gasteiger partial charge is 0.254 e. The van der Waals surface area contributed by atoms with Crippen LogP contribution in [0.2, 0.25) is 10.0 Å². The van der Waals surface area contributed by atoms with Gasteiger partial charge in [-0.05, 0) is 91.4 Å². The number of carbonyl (C=O) groups is 1. The quantitative estimate of drug-likeness (QED) is 0.270. The SMILES string of the molecule is CN1C(=O)c2ccccc2[C@H]1C(CCN1CCC(c2ccccc2[S+](C)[O-])CC1)c1ccc(Cl)c(Cl)c1.Cl. The minimum Gasteiger partial charge on any atom is -0.612 e. The van der Waals surface area contributed by atoms with E-state index in [0.717, 1.165) is 60.5 Å². The number of rotatable bonds is 7. The highest BCUT2D eigenvalue weighted by Gasteiger charge is 2.39. The summed E-state index contributed by atoms with van der Waals surface area (Å²) >= 11 is 11.7. The maximum atomic E-state index is 13.1. The number of likely N-dealkylation sites (N-methyl/N-ethyl adjacent to an activating group) is 1. The van der Waals surface area contributed by atoms with Crippen molar-refractivity contribution in [2.24, 2.45) is 0 Å². The monoisotopic (exact) mass is 590 g/mol. The van der Waals surface area contributed by atoms with Gasteiger partial charge in [-0.3, -0.25) is 4.79 Å². The zero-order valence-electron chi connectivity index (χ0n) is 21.6. The maximum absolute atomic E-state index is 13.1. The molecule has 8 heteroatoms. The molecule has 0 aliphatic carbocycles. The zero-order chi connectivity index (χ0) is 26.1. The fourth-order valence-electron chi connectivity index (χ4n) is 6.08. The van der Waals surface area contributed by atoms with Crippen molar-refractivity contribution >= 4 is 52.7 Å². The van der Waals surface area contributed by atoms with Gasteiger partial charge in [-0.15, -0.1) is 12.4 Å². The van der Waals surface area contributed by atoms with Gasteiger partial charge in [-0.1, -0.05) is 65.7 Å². The molecule has 3 aromatic rings.